The SMILES string of the molecule is COCCn1c(=NC(=O)c2ccc3nccnc3c2)sc2cc(F)ccc21. The van der Waals surface area contributed by atoms with E-state index in [1.54, 1.807) is 43.8 Å². The third-order valence-electron chi connectivity index (χ3n) is 4.08. The molecule has 0 aliphatic heterocycles. The van der Waals surface area contributed by atoms with Gasteiger partial charge in [-0.15, -0.1) is 0 Å². The van der Waals surface area contributed by atoms with Crippen LogP contribution in [0.4, 0.5) is 4.39 Å². The number of benzene rings is 2. The molecule has 0 spiro atoms. The summed E-state index contributed by atoms with van der Waals surface area (Å²) >= 11 is 1.27. The van der Waals surface area contributed by atoms with E-state index in [1.165, 1.54) is 23.5 Å². The van der Waals surface area contributed by atoms with Gasteiger partial charge in [0.2, 0.25) is 0 Å². The van der Waals surface area contributed by atoms with Crippen LogP contribution in [0, 0.1) is 5.82 Å². The Balaban J connectivity index is 1.81. The fourth-order valence-electron chi connectivity index (χ4n) is 2.78. The van der Waals surface area contributed by atoms with E-state index in [0.717, 1.165) is 10.2 Å². The molecule has 8 heteroatoms. The summed E-state index contributed by atoms with van der Waals surface area (Å²) in [5.41, 5.74) is 2.57. The molecule has 1 amide bonds. The first-order valence-electron chi connectivity index (χ1n) is 8.23. The van der Waals surface area contributed by atoms with E-state index < -0.39 is 0 Å². The summed E-state index contributed by atoms with van der Waals surface area (Å²) in [4.78, 5) is 25.9. The van der Waals surface area contributed by atoms with Gasteiger partial charge in [0.25, 0.3) is 5.91 Å². The summed E-state index contributed by atoms with van der Waals surface area (Å²) in [6, 6.07) is 9.61. The molecule has 0 aliphatic rings. The van der Waals surface area contributed by atoms with Crippen LogP contribution in [0.1, 0.15) is 10.4 Å². The minimum atomic E-state index is -0.388. The lowest BCUT2D eigenvalue weighted by atomic mass is 10.2. The average molecular weight is 382 g/mol. The van der Waals surface area contributed by atoms with Crippen molar-refractivity contribution in [2.75, 3.05) is 13.7 Å². The van der Waals surface area contributed by atoms with E-state index in [1.807, 2.05) is 4.57 Å². The highest BCUT2D eigenvalue weighted by molar-refractivity contribution is 7.16. The summed E-state index contributed by atoms with van der Waals surface area (Å²) in [5, 5.41) is 0. The number of carbonyl (C=O) groups excluding carboxylic acids is 1. The van der Waals surface area contributed by atoms with Crippen LogP contribution in [-0.4, -0.2) is 34.2 Å². The molecule has 27 heavy (non-hydrogen) atoms. The van der Waals surface area contributed by atoms with Gasteiger partial charge in [-0.3, -0.25) is 14.8 Å². The van der Waals surface area contributed by atoms with Crippen molar-refractivity contribution in [3.8, 4) is 0 Å². The second-order valence-electron chi connectivity index (χ2n) is 5.82. The van der Waals surface area contributed by atoms with Crippen molar-refractivity contribution in [2.24, 2.45) is 4.99 Å². The van der Waals surface area contributed by atoms with Crippen LogP contribution < -0.4 is 4.80 Å². The maximum Gasteiger partial charge on any atom is 0.279 e. The molecule has 0 fully saturated rings. The highest BCUT2D eigenvalue weighted by Gasteiger charge is 2.11. The van der Waals surface area contributed by atoms with Gasteiger partial charge in [0.1, 0.15) is 5.82 Å². The maximum atomic E-state index is 13.6. The van der Waals surface area contributed by atoms with Crippen LogP contribution in [0.25, 0.3) is 21.3 Å². The molecule has 0 saturated heterocycles. The third-order valence-corrected chi connectivity index (χ3v) is 5.12. The van der Waals surface area contributed by atoms with E-state index in [9.17, 15) is 9.18 Å². The van der Waals surface area contributed by atoms with Crippen LogP contribution in [-0.2, 0) is 11.3 Å². The molecule has 2 aromatic heterocycles. The van der Waals surface area contributed by atoms with Crippen molar-refractivity contribution in [3.63, 3.8) is 0 Å². The number of aromatic nitrogens is 3. The first kappa shape index (κ1) is 17.4. The molecule has 2 heterocycles. The van der Waals surface area contributed by atoms with Gasteiger partial charge in [-0.2, -0.15) is 4.99 Å². The molecule has 0 aliphatic carbocycles. The number of carbonyl (C=O) groups is 1. The smallest absolute Gasteiger partial charge is 0.279 e. The predicted molar refractivity (Wildman–Crippen MR) is 101 cm³/mol. The minimum Gasteiger partial charge on any atom is -0.383 e. The maximum absolute atomic E-state index is 13.6. The molecule has 2 aromatic carbocycles. The zero-order valence-electron chi connectivity index (χ0n) is 14.4. The Morgan fingerprint density at radius 3 is 2.81 bits per heavy atom. The van der Waals surface area contributed by atoms with Crippen LogP contribution in [0.2, 0.25) is 0 Å². The third kappa shape index (κ3) is 3.49. The Hall–Kier alpha value is -2.97. The van der Waals surface area contributed by atoms with Crippen molar-refractivity contribution in [1.29, 1.82) is 0 Å². The van der Waals surface area contributed by atoms with Crippen LogP contribution >= 0.6 is 11.3 Å². The van der Waals surface area contributed by atoms with E-state index in [-0.39, 0.29) is 11.7 Å². The van der Waals surface area contributed by atoms with E-state index in [4.69, 9.17) is 4.74 Å². The summed E-state index contributed by atoms with van der Waals surface area (Å²) < 4.78 is 21.3. The van der Waals surface area contributed by atoms with Crippen molar-refractivity contribution in [1.82, 2.24) is 14.5 Å². The number of hydrogen-bond donors (Lipinski definition) is 0. The van der Waals surface area contributed by atoms with E-state index >= 15 is 0 Å². The first-order valence-corrected chi connectivity index (χ1v) is 9.05. The van der Waals surface area contributed by atoms with E-state index in [0.29, 0.717) is 34.5 Å². The van der Waals surface area contributed by atoms with Gasteiger partial charge < -0.3 is 9.30 Å². The molecule has 0 atom stereocenters. The number of rotatable bonds is 4. The van der Waals surface area contributed by atoms with Crippen LogP contribution in [0.15, 0.2) is 53.8 Å². The molecule has 0 saturated carbocycles. The Morgan fingerprint density at radius 1 is 1.19 bits per heavy atom. The molecule has 0 radical (unpaired) electrons. The summed E-state index contributed by atoms with van der Waals surface area (Å²) in [5.74, 6) is -0.714. The first-order chi connectivity index (χ1) is 13.2. The highest BCUT2D eigenvalue weighted by Crippen LogP contribution is 2.19. The van der Waals surface area contributed by atoms with Crippen molar-refractivity contribution < 1.29 is 13.9 Å². The standard InChI is InChI=1S/C19H15FN4O2S/c1-26-9-8-24-16-5-3-13(20)11-17(16)27-19(24)23-18(25)12-2-4-14-15(10-12)22-7-6-21-14/h2-7,10-11H,8-9H2,1H3. The predicted octanol–water partition coefficient (Wildman–Crippen LogP) is 3.17. The van der Waals surface area contributed by atoms with Crippen LogP contribution in [0.5, 0.6) is 0 Å². The molecule has 6 nitrogen and oxygen atoms in total. The molecule has 136 valence electrons. The van der Waals surface area contributed by atoms with Gasteiger partial charge in [0.05, 0.1) is 27.9 Å². The number of ether oxygens (including phenoxy) is 1. The molecule has 4 rings (SSSR count). The summed E-state index contributed by atoms with van der Waals surface area (Å²) in [7, 11) is 1.60. The van der Waals surface area contributed by atoms with Crippen molar-refractivity contribution in [2.45, 2.75) is 6.54 Å². The number of nitrogens with zero attached hydrogens (tertiary/aromatic N) is 4. The number of methoxy groups -OCH3 is 1. The van der Waals surface area contributed by atoms with E-state index in [2.05, 4.69) is 15.0 Å². The molecule has 0 N–H and O–H groups in total. The summed E-state index contributed by atoms with van der Waals surface area (Å²) in [6.45, 7) is 0.966. The lowest BCUT2D eigenvalue weighted by molar-refractivity contribution is 0.0997. The Kier molecular flexibility index (Phi) is 4.74. The second-order valence-corrected chi connectivity index (χ2v) is 6.83. The molecular weight excluding hydrogens is 367 g/mol. The van der Waals surface area contributed by atoms with Gasteiger partial charge in [-0.25, -0.2) is 4.39 Å². The molecule has 0 unspecified atom stereocenters. The Morgan fingerprint density at radius 2 is 2.00 bits per heavy atom. The number of halogens is 1. The number of fused-ring (bicyclic) bond motifs is 2. The van der Waals surface area contributed by atoms with Crippen molar-refractivity contribution in [3.05, 3.63) is 65.0 Å². The minimum absolute atomic E-state index is 0.325. The fourth-order valence-corrected chi connectivity index (χ4v) is 3.86. The lowest BCUT2D eigenvalue weighted by Gasteiger charge is -2.04. The van der Waals surface area contributed by atoms with Gasteiger partial charge in [-0.1, -0.05) is 11.3 Å². The largest absolute Gasteiger partial charge is 0.383 e. The zero-order chi connectivity index (χ0) is 18.8. The van der Waals surface area contributed by atoms with Gasteiger partial charge in [0, 0.05) is 31.6 Å². The zero-order valence-corrected chi connectivity index (χ0v) is 15.2. The van der Waals surface area contributed by atoms with Gasteiger partial charge >= 0.3 is 0 Å². The second kappa shape index (κ2) is 7.34. The van der Waals surface area contributed by atoms with Crippen LogP contribution in [0.3, 0.4) is 0 Å². The fraction of sp³-hybridized carbons (Fsp3) is 0.158. The molecular formula is C19H15FN4O2S. The number of hydrogen-bond acceptors (Lipinski definition) is 5. The molecule has 4 aromatic rings. The van der Waals surface area contributed by atoms with Gasteiger partial charge in [-0.05, 0) is 36.4 Å². The Bertz CT molecular complexity index is 1220. The monoisotopic (exact) mass is 382 g/mol. The summed E-state index contributed by atoms with van der Waals surface area (Å²) in [6.07, 6.45) is 3.18. The normalized spacial score (nSPS) is 12.1. The highest BCUT2D eigenvalue weighted by atomic mass is 32.1. The average Bonchev–Trinajstić information content (AvgIpc) is 3.01. The lowest BCUT2D eigenvalue weighted by Crippen LogP contribution is -2.19. The molecule has 0 bridgehead atoms. The number of thiazole rings is 1. The van der Waals surface area contributed by atoms with Crippen molar-refractivity contribution >= 4 is 38.5 Å². The van der Waals surface area contributed by atoms with Gasteiger partial charge in [0.15, 0.2) is 4.80 Å². The topological polar surface area (TPSA) is 69.4 Å². The quantitative estimate of drug-likeness (QED) is 0.544. The Labute approximate surface area is 157 Å². The number of amides is 1.